The molecule has 20 heavy (non-hydrogen) atoms. The summed E-state index contributed by atoms with van der Waals surface area (Å²) in [4.78, 5) is 12.6. The molecule has 3 aliphatic carbocycles. The molecule has 0 aliphatic heterocycles. The second-order valence-corrected chi connectivity index (χ2v) is 6.78. The summed E-state index contributed by atoms with van der Waals surface area (Å²) < 4.78 is 0. The van der Waals surface area contributed by atoms with Gasteiger partial charge in [0.2, 0.25) is 5.91 Å². The molecule has 2 bridgehead atoms. The van der Waals surface area contributed by atoms with Crippen LogP contribution in [0.3, 0.4) is 0 Å². The fourth-order valence-electron chi connectivity index (χ4n) is 4.94. The summed E-state index contributed by atoms with van der Waals surface area (Å²) >= 11 is 0. The number of rotatable bonds is 5. The van der Waals surface area contributed by atoms with Gasteiger partial charge in [-0.1, -0.05) is 19.0 Å². The summed E-state index contributed by atoms with van der Waals surface area (Å²) in [6.07, 6.45) is 5.23. The number of hydrogen-bond acceptors (Lipinski definition) is 3. The van der Waals surface area contributed by atoms with Crippen LogP contribution in [0, 0.1) is 29.6 Å². The Balaban J connectivity index is 1.70. The Morgan fingerprint density at radius 2 is 1.85 bits per heavy atom. The van der Waals surface area contributed by atoms with Crippen molar-refractivity contribution in [3.8, 4) is 0 Å². The molecule has 0 aromatic heterocycles. The molecule has 3 rings (SSSR count). The zero-order valence-electron chi connectivity index (χ0n) is 12.3. The van der Waals surface area contributed by atoms with E-state index >= 15 is 0 Å². The van der Waals surface area contributed by atoms with E-state index in [0.29, 0.717) is 24.7 Å². The minimum absolute atomic E-state index is 0.115. The number of carbonyl (C=O) groups is 1. The minimum Gasteiger partial charge on any atom is -0.409 e. The first-order valence-corrected chi connectivity index (χ1v) is 7.88. The summed E-state index contributed by atoms with van der Waals surface area (Å²) in [7, 11) is 0. The first-order valence-electron chi connectivity index (χ1n) is 7.88. The van der Waals surface area contributed by atoms with Gasteiger partial charge in [0, 0.05) is 5.92 Å². The molecule has 5 heteroatoms. The van der Waals surface area contributed by atoms with Crippen molar-refractivity contribution in [3.63, 3.8) is 0 Å². The van der Waals surface area contributed by atoms with Crippen LogP contribution in [0.4, 0.5) is 0 Å². The average molecular weight is 279 g/mol. The molecule has 0 radical (unpaired) electrons. The van der Waals surface area contributed by atoms with Crippen molar-refractivity contribution < 1.29 is 10.0 Å². The maximum Gasteiger partial charge on any atom is 0.224 e. The molecule has 3 aliphatic rings. The Bertz CT molecular complexity index is 428. The SMILES string of the molecule is CCC(CC)(NC(=O)C1C2C3CCC(C3)C12)C(N)=NO. The highest BCUT2D eigenvalue weighted by molar-refractivity contribution is 5.95. The van der Waals surface area contributed by atoms with Crippen molar-refractivity contribution in [2.24, 2.45) is 40.5 Å². The van der Waals surface area contributed by atoms with E-state index in [9.17, 15) is 4.79 Å². The van der Waals surface area contributed by atoms with Gasteiger partial charge in [-0.25, -0.2) is 0 Å². The maximum atomic E-state index is 12.6. The lowest BCUT2D eigenvalue weighted by molar-refractivity contribution is -0.124. The van der Waals surface area contributed by atoms with E-state index < -0.39 is 5.54 Å². The van der Waals surface area contributed by atoms with Gasteiger partial charge in [0.1, 0.15) is 5.54 Å². The van der Waals surface area contributed by atoms with Gasteiger partial charge in [0.05, 0.1) is 0 Å². The number of amides is 1. The third-order valence-corrected chi connectivity index (χ3v) is 6.21. The Morgan fingerprint density at radius 3 is 2.30 bits per heavy atom. The van der Waals surface area contributed by atoms with E-state index in [1.165, 1.54) is 19.3 Å². The molecule has 4 unspecified atom stereocenters. The van der Waals surface area contributed by atoms with Crippen LogP contribution in [0.25, 0.3) is 0 Å². The molecule has 3 fully saturated rings. The smallest absolute Gasteiger partial charge is 0.224 e. The Kier molecular flexibility index (Phi) is 3.18. The van der Waals surface area contributed by atoms with Crippen LogP contribution in [0.1, 0.15) is 46.0 Å². The summed E-state index contributed by atoms with van der Waals surface area (Å²) in [5.74, 6) is 3.21. The number of nitrogens with one attached hydrogen (secondary N) is 1. The van der Waals surface area contributed by atoms with Gasteiger partial charge in [-0.2, -0.15) is 0 Å². The molecule has 5 nitrogen and oxygen atoms in total. The number of oxime groups is 1. The zero-order valence-corrected chi connectivity index (χ0v) is 12.3. The van der Waals surface area contributed by atoms with E-state index in [1.54, 1.807) is 0 Å². The summed E-state index contributed by atoms with van der Waals surface area (Å²) in [5.41, 5.74) is 5.12. The zero-order chi connectivity index (χ0) is 14.5. The third-order valence-electron chi connectivity index (χ3n) is 6.21. The van der Waals surface area contributed by atoms with Crippen LogP contribution in [-0.4, -0.2) is 22.5 Å². The second kappa shape index (κ2) is 4.64. The Labute approximate surface area is 120 Å². The van der Waals surface area contributed by atoms with Crippen LogP contribution >= 0.6 is 0 Å². The monoisotopic (exact) mass is 279 g/mol. The molecule has 0 heterocycles. The number of nitrogens with two attached hydrogens (primary N) is 1. The normalized spacial score (nSPS) is 38.7. The molecule has 4 atom stereocenters. The number of nitrogens with zero attached hydrogens (tertiary/aromatic N) is 1. The van der Waals surface area contributed by atoms with Crippen molar-refractivity contribution in [3.05, 3.63) is 0 Å². The molecule has 0 aromatic rings. The van der Waals surface area contributed by atoms with Crippen LogP contribution < -0.4 is 11.1 Å². The minimum atomic E-state index is -0.693. The third kappa shape index (κ3) is 1.75. The van der Waals surface area contributed by atoms with Gasteiger partial charge in [0.15, 0.2) is 5.84 Å². The Morgan fingerprint density at radius 1 is 1.30 bits per heavy atom. The van der Waals surface area contributed by atoms with Gasteiger partial charge in [-0.05, 0) is 55.8 Å². The highest BCUT2D eigenvalue weighted by Gasteiger charge is 2.67. The van der Waals surface area contributed by atoms with Crippen LogP contribution in [0.15, 0.2) is 5.16 Å². The molecule has 3 saturated carbocycles. The van der Waals surface area contributed by atoms with Crippen molar-refractivity contribution in [2.45, 2.75) is 51.5 Å². The standard InChI is InChI=1S/C15H25N3O2/c1-3-15(4-2,14(16)18-20)17-13(19)12-10-8-5-6-9(7-8)11(10)12/h8-12,20H,3-7H2,1-2H3,(H2,16,18)(H,17,19). The highest BCUT2D eigenvalue weighted by Crippen LogP contribution is 2.69. The van der Waals surface area contributed by atoms with Crippen LogP contribution in [0.5, 0.6) is 0 Å². The van der Waals surface area contributed by atoms with Gasteiger partial charge in [-0.15, -0.1) is 0 Å². The van der Waals surface area contributed by atoms with E-state index in [4.69, 9.17) is 10.9 Å². The van der Waals surface area contributed by atoms with Crippen molar-refractivity contribution in [2.75, 3.05) is 0 Å². The fourth-order valence-corrected chi connectivity index (χ4v) is 4.94. The molecule has 4 N–H and O–H groups in total. The van der Waals surface area contributed by atoms with E-state index in [-0.39, 0.29) is 17.7 Å². The van der Waals surface area contributed by atoms with E-state index in [1.807, 2.05) is 13.8 Å². The molecule has 1 amide bonds. The average Bonchev–Trinajstić information content (AvgIpc) is 2.92. The van der Waals surface area contributed by atoms with Gasteiger partial charge < -0.3 is 16.3 Å². The first-order chi connectivity index (χ1) is 9.57. The predicted molar refractivity (Wildman–Crippen MR) is 76.2 cm³/mol. The number of hydrogen-bond donors (Lipinski definition) is 3. The highest BCUT2D eigenvalue weighted by atomic mass is 16.4. The second-order valence-electron chi connectivity index (χ2n) is 6.78. The number of amidine groups is 1. The lowest BCUT2D eigenvalue weighted by Crippen LogP contribution is -2.57. The van der Waals surface area contributed by atoms with E-state index in [0.717, 1.165) is 11.8 Å². The lowest BCUT2D eigenvalue weighted by Gasteiger charge is -2.31. The summed E-state index contributed by atoms with van der Waals surface area (Å²) in [6.45, 7) is 3.92. The van der Waals surface area contributed by atoms with Crippen LogP contribution in [0.2, 0.25) is 0 Å². The number of carbonyl (C=O) groups excluding carboxylic acids is 1. The first kappa shape index (κ1) is 13.7. The summed E-state index contributed by atoms with van der Waals surface area (Å²) in [5, 5.41) is 15.2. The molecule has 0 aromatic carbocycles. The largest absolute Gasteiger partial charge is 0.409 e. The van der Waals surface area contributed by atoms with Gasteiger partial charge >= 0.3 is 0 Å². The van der Waals surface area contributed by atoms with Gasteiger partial charge in [0.25, 0.3) is 0 Å². The topological polar surface area (TPSA) is 87.7 Å². The summed E-state index contributed by atoms with van der Waals surface area (Å²) in [6, 6.07) is 0. The van der Waals surface area contributed by atoms with Crippen molar-refractivity contribution in [1.29, 1.82) is 0 Å². The maximum absolute atomic E-state index is 12.6. The number of fused-ring (bicyclic) bond motifs is 5. The predicted octanol–water partition coefficient (Wildman–Crippen LogP) is 1.70. The van der Waals surface area contributed by atoms with Gasteiger partial charge in [-0.3, -0.25) is 4.79 Å². The molecule has 0 saturated heterocycles. The van der Waals surface area contributed by atoms with Crippen molar-refractivity contribution >= 4 is 11.7 Å². The quantitative estimate of drug-likeness (QED) is 0.310. The van der Waals surface area contributed by atoms with E-state index in [2.05, 4.69) is 10.5 Å². The molecule has 112 valence electrons. The molecule has 0 spiro atoms. The van der Waals surface area contributed by atoms with Crippen LogP contribution in [-0.2, 0) is 4.79 Å². The molecular formula is C15H25N3O2. The Hall–Kier alpha value is -1.26. The fraction of sp³-hybridized carbons (Fsp3) is 0.867. The van der Waals surface area contributed by atoms with Crippen molar-refractivity contribution in [1.82, 2.24) is 5.32 Å². The lowest BCUT2D eigenvalue weighted by atomic mass is 9.90. The molecular weight excluding hydrogens is 254 g/mol.